The van der Waals surface area contributed by atoms with E-state index in [0.717, 1.165) is 41.6 Å². The van der Waals surface area contributed by atoms with Crippen LogP contribution in [0.1, 0.15) is 17.0 Å². The van der Waals surface area contributed by atoms with Crippen molar-refractivity contribution in [1.29, 1.82) is 0 Å². The summed E-state index contributed by atoms with van der Waals surface area (Å²) in [6.07, 6.45) is 8.08. The van der Waals surface area contributed by atoms with Gasteiger partial charge in [0.25, 0.3) is 0 Å². The molecule has 5 nitrogen and oxygen atoms in total. The molecule has 0 bridgehead atoms. The van der Waals surface area contributed by atoms with Crippen molar-refractivity contribution in [2.45, 2.75) is 29.7 Å². The average molecular weight is 420 g/mol. The third-order valence-corrected chi connectivity index (χ3v) is 5.96. The van der Waals surface area contributed by atoms with Crippen LogP contribution < -0.4 is 5.32 Å². The first kappa shape index (κ1) is 21.9. The summed E-state index contributed by atoms with van der Waals surface area (Å²) in [4.78, 5) is 9.53. The van der Waals surface area contributed by atoms with E-state index in [0.29, 0.717) is 0 Å². The van der Waals surface area contributed by atoms with Gasteiger partial charge in [-0.3, -0.25) is 0 Å². The second-order valence-corrected chi connectivity index (χ2v) is 8.13. The van der Waals surface area contributed by atoms with E-state index in [1.807, 2.05) is 29.8 Å². The van der Waals surface area contributed by atoms with E-state index < -0.39 is 0 Å². The summed E-state index contributed by atoms with van der Waals surface area (Å²) < 4.78 is 2.05. The predicted octanol–water partition coefficient (Wildman–Crippen LogP) is 5.13. The highest BCUT2D eigenvalue weighted by atomic mass is 32.2. The maximum absolute atomic E-state index is 4.90. The quantitative estimate of drug-likeness (QED) is 0.581. The molecule has 0 fully saturated rings. The Labute approximate surface area is 183 Å². The van der Waals surface area contributed by atoms with Crippen molar-refractivity contribution < 1.29 is 0 Å². The van der Waals surface area contributed by atoms with Gasteiger partial charge in [0, 0.05) is 42.7 Å². The van der Waals surface area contributed by atoms with Crippen molar-refractivity contribution in [2.24, 2.45) is 0 Å². The van der Waals surface area contributed by atoms with Gasteiger partial charge in [-0.2, -0.15) is 0 Å². The van der Waals surface area contributed by atoms with Gasteiger partial charge in [-0.25, -0.2) is 9.50 Å². The van der Waals surface area contributed by atoms with Crippen LogP contribution in [0.15, 0.2) is 77.6 Å². The lowest BCUT2D eigenvalue weighted by atomic mass is 10.0. The Morgan fingerprint density at radius 3 is 2.47 bits per heavy atom. The number of fused-ring (bicyclic) bond motifs is 3. The SMILES string of the molecule is C=C/C=C\C=C.CNc1nn2c3c(c(C)nc2c1Sc1ccccc1)CN(C)CC3. The maximum atomic E-state index is 4.90. The van der Waals surface area contributed by atoms with Crippen molar-refractivity contribution in [3.05, 3.63) is 84.7 Å². The number of nitrogens with one attached hydrogen (secondary N) is 1. The van der Waals surface area contributed by atoms with Gasteiger partial charge < -0.3 is 10.2 Å². The summed E-state index contributed by atoms with van der Waals surface area (Å²) >= 11 is 1.72. The largest absolute Gasteiger partial charge is 0.371 e. The van der Waals surface area contributed by atoms with Gasteiger partial charge in [0.15, 0.2) is 11.5 Å². The standard InChI is InChI=1S/C18H21N5S.C6H8/c1-12-14-11-22(3)10-9-15(14)23-18(20-12)16(17(19-2)21-23)24-13-7-5-4-6-8-13;1-3-5-6-4-2/h4-8H,9-11H2,1-3H3,(H,19,21);3-6H,1-2H2/b;6-5-. The van der Waals surface area contributed by atoms with Crippen LogP contribution in [0.4, 0.5) is 5.82 Å². The first-order valence-corrected chi connectivity index (χ1v) is 10.8. The molecule has 1 aromatic carbocycles. The van der Waals surface area contributed by atoms with Crippen molar-refractivity contribution in [3.8, 4) is 0 Å². The Morgan fingerprint density at radius 2 is 1.83 bits per heavy atom. The minimum Gasteiger partial charge on any atom is -0.371 e. The smallest absolute Gasteiger partial charge is 0.171 e. The predicted molar refractivity (Wildman–Crippen MR) is 127 cm³/mol. The molecule has 0 atom stereocenters. The number of nitrogens with zero attached hydrogens (tertiary/aromatic N) is 4. The minimum absolute atomic E-state index is 0.892. The van der Waals surface area contributed by atoms with Gasteiger partial charge in [0.1, 0.15) is 4.90 Å². The van der Waals surface area contributed by atoms with Crippen molar-refractivity contribution in [1.82, 2.24) is 19.5 Å². The molecule has 1 aliphatic rings. The lowest BCUT2D eigenvalue weighted by Gasteiger charge is -2.26. The lowest BCUT2D eigenvalue weighted by Crippen LogP contribution is -2.29. The Balaban J connectivity index is 0.000000377. The highest BCUT2D eigenvalue weighted by Gasteiger charge is 2.24. The fraction of sp³-hybridized carbons (Fsp3) is 0.250. The normalized spacial score (nSPS) is 13.6. The second-order valence-electron chi connectivity index (χ2n) is 7.04. The highest BCUT2D eigenvalue weighted by Crippen LogP contribution is 2.37. The van der Waals surface area contributed by atoms with Crippen LogP contribution >= 0.6 is 11.8 Å². The van der Waals surface area contributed by atoms with Crippen LogP contribution in [-0.2, 0) is 13.0 Å². The Morgan fingerprint density at radius 1 is 1.13 bits per heavy atom. The molecule has 30 heavy (non-hydrogen) atoms. The molecule has 2 aromatic heterocycles. The molecule has 0 saturated carbocycles. The summed E-state index contributed by atoms with van der Waals surface area (Å²) in [6, 6.07) is 10.4. The van der Waals surface area contributed by atoms with Crippen LogP contribution in [0.5, 0.6) is 0 Å². The van der Waals surface area contributed by atoms with Crippen LogP contribution in [0, 0.1) is 6.92 Å². The zero-order valence-corrected chi connectivity index (χ0v) is 18.7. The Bertz CT molecular complexity index is 1040. The molecule has 0 radical (unpaired) electrons. The summed E-state index contributed by atoms with van der Waals surface area (Å²) in [5.74, 6) is 0.892. The third kappa shape index (κ3) is 4.83. The van der Waals surface area contributed by atoms with E-state index >= 15 is 0 Å². The second kappa shape index (κ2) is 10.3. The average Bonchev–Trinajstić information content (AvgIpc) is 3.11. The van der Waals surface area contributed by atoms with E-state index in [1.165, 1.54) is 16.2 Å². The molecule has 3 aromatic rings. The van der Waals surface area contributed by atoms with E-state index in [2.05, 4.69) is 61.6 Å². The van der Waals surface area contributed by atoms with Crippen LogP contribution in [-0.4, -0.2) is 40.1 Å². The fourth-order valence-electron chi connectivity index (χ4n) is 3.37. The molecule has 0 unspecified atom stereocenters. The number of aryl methyl sites for hydroxylation is 1. The molecule has 6 heteroatoms. The fourth-order valence-corrected chi connectivity index (χ4v) is 4.37. The molecule has 0 spiro atoms. The summed E-state index contributed by atoms with van der Waals surface area (Å²) in [7, 11) is 4.08. The number of rotatable bonds is 5. The zero-order valence-electron chi connectivity index (χ0n) is 17.9. The van der Waals surface area contributed by atoms with Crippen molar-refractivity contribution in [2.75, 3.05) is 26.0 Å². The first-order chi connectivity index (χ1) is 14.6. The molecular weight excluding hydrogens is 390 g/mol. The van der Waals surface area contributed by atoms with Crippen LogP contribution in [0.2, 0.25) is 0 Å². The number of benzene rings is 1. The summed E-state index contributed by atoms with van der Waals surface area (Å²) in [5, 5.41) is 8.05. The topological polar surface area (TPSA) is 45.5 Å². The molecule has 3 heterocycles. The van der Waals surface area contributed by atoms with Gasteiger partial charge in [0.2, 0.25) is 0 Å². The molecule has 0 saturated heterocycles. The molecule has 1 aliphatic heterocycles. The van der Waals surface area contributed by atoms with Crippen molar-refractivity contribution >= 4 is 23.2 Å². The maximum Gasteiger partial charge on any atom is 0.171 e. The number of allylic oxidation sites excluding steroid dienone is 4. The number of aromatic nitrogens is 3. The summed E-state index contributed by atoms with van der Waals surface area (Å²) in [6.45, 7) is 11.0. The minimum atomic E-state index is 0.892. The van der Waals surface area contributed by atoms with Crippen LogP contribution in [0.25, 0.3) is 5.65 Å². The first-order valence-electron chi connectivity index (χ1n) is 9.99. The Hall–Kier alpha value is -2.83. The number of hydrogen-bond acceptors (Lipinski definition) is 5. The Kier molecular flexibility index (Phi) is 7.49. The van der Waals surface area contributed by atoms with Gasteiger partial charge in [-0.1, -0.05) is 67.4 Å². The molecule has 1 N–H and O–H groups in total. The lowest BCUT2D eigenvalue weighted by molar-refractivity contribution is 0.306. The number of anilines is 1. The number of likely N-dealkylation sites (N-methyl/N-ethyl adjacent to an activating group) is 1. The molecule has 0 amide bonds. The van der Waals surface area contributed by atoms with Crippen molar-refractivity contribution in [3.63, 3.8) is 0 Å². The highest BCUT2D eigenvalue weighted by molar-refractivity contribution is 7.99. The summed E-state index contributed by atoms with van der Waals surface area (Å²) in [5.41, 5.74) is 4.68. The van der Waals surface area contributed by atoms with Gasteiger partial charge in [0.05, 0.1) is 5.69 Å². The van der Waals surface area contributed by atoms with Gasteiger partial charge in [-0.05, 0) is 26.1 Å². The molecule has 156 valence electrons. The molecular formula is C24H29N5S. The molecule has 4 rings (SSSR count). The van der Waals surface area contributed by atoms with E-state index in [1.54, 1.807) is 23.9 Å². The van der Waals surface area contributed by atoms with Crippen LogP contribution in [0.3, 0.4) is 0 Å². The number of hydrogen-bond donors (Lipinski definition) is 1. The van der Waals surface area contributed by atoms with E-state index in [9.17, 15) is 0 Å². The zero-order chi connectivity index (χ0) is 21.5. The third-order valence-electron chi connectivity index (χ3n) is 4.87. The van der Waals surface area contributed by atoms with Gasteiger partial charge in [-0.15, -0.1) is 5.10 Å². The molecule has 0 aliphatic carbocycles. The van der Waals surface area contributed by atoms with E-state index in [-0.39, 0.29) is 0 Å². The van der Waals surface area contributed by atoms with Gasteiger partial charge >= 0.3 is 0 Å². The monoisotopic (exact) mass is 419 g/mol. The van der Waals surface area contributed by atoms with E-state index in [4.69, 9.17) is 10.1 Å².